The number of amides is 1. The molecule has 2 heterocycles. The molecule has 4 heteroatoms. The number of hydrogen-bond acceptors (Lipinski definition) is 3. The van der Waals surface area contributed by atoms with Gasteiger partial charge in [0, 0.05) is 11.8 Å². The van der Waals surface area contributed by atoms with Crippen LogP contribution in [0, 0.1) is 0 Å². The third-order valence-electron chi connectivity index (χ3n) is 2.88. The standard InChI is InChI=1S/C10H18N2OS/c13-10(9-4-1-5-11-9)12-8-3-2-6-14-7-8/h8-9,11H,1-7H2,(H,12,13)/t8?,9-/m1/s1. The van der Waals surface area contributed by atoms with E-state index in [1.165, 1.54) is 12.2 Å². The molecule has 1 amide bonds. The van der Waals surface area contributed by atoms with Gasteiger partial charge >= 0.3 is 0 Å². The Labute approximate surface area is 89.4 Å². The van der Waals surface area contributed by atoms with Gasteiger partial charge in [-0.05, 0) is 38.0 Å². The van der Waals surface area contributed by atoms with Gasteiger partial charge in [-0.15, -0.1) is 0 Å². The Hall–Kier alpha value is -0.220. The van der Waals surface area contributed by atoms with Crippen LogP contribution in [0.5, 0.6) is 0 Å². The molecule has 1 unspecified atom stereocenters. The molecule has 0 aromatic rings. The summed E-state index contributed by atoms with van der Waals surface area (Å²) in [6, 6.07) is 0.505. The van der Waals surface area contributed by atoms with E-state index < -0.39 is 0 Å². The Kier molecular flexibility index (Phi) is 3.70. The lowest BCUT2D eigenvalue weighted by atomic mass is 10.1. The average molecular weight is 214 g/mol. The van der Waals surface area contributed by atoms with Crippen LogP contribution in [0.4, 0.5) is 0 Å². The van der Waals surface area contributed by atoms with E-state index in [1.54, 1.807) is 0 Å². The first-order valence-electron chi connectivity index (χ1n) is 5.48. The topological polar surface area (TPSA) is 41.1 Å². The van der Waals surface area contributed by atoms with Crippen molar-refractivity contribution in [3.05, 3.63) is 0 Å². The van der Waals surface area contributed by atoms with E-state index in [0.29, 0.717) is 6.04 Å². The van der Waals surface area contributed by atoms with E-state index in [9.17, 15) is 4.79 Å². The number of hydrogen-bond donors (Lipinski definition) is 2. The summed E-state index contributed by atoms with van der Waals surface area (Å²) in [6.07, 6.45) is 4.54. The fourth-order valence-electron chi connectivity index (χ4n) is 2.06. The van der Waals surface area contributed by atoms with E-state index in [2.05, 4.69) is 10.6 Å². The zero-order chi connectivity index (χ0) is 9.80. The van der Waals surface area contributed by atoms with E-state index in [0.717, 1.165) is 31.6 Å². The molecular weight excluding hydrogens is 196 g/mol. The van der Waals surface area contributed by atoms with E-state index in [-0.39, 0.29) is 11.9 Å². The van der Waals surface area contributed by atoms with Crippen LogP contribution in [0.3, 0.4) is 0 Å². The number of thioether (sulfide) groups is 1. The zero-order valence-corrected chi connectivity index (χ0v) is 9.24. The molecule has 80 valence electrons. The highest BCUT2D eigenvalue weighted by Gasteiger charge is 2.24. The van der Waals surface area contributed by atoms with Crippen molar-refractivity contribution in [3.63, 3.8) is 0 Å². The Morgan fingerprint density at radius 1 is 1.36 bits per heavy atom. The van der Waals surface area contributed by atoms with Crippen LogP contribution in [-0.2, 0) is 4.79 Å². The van der Waals surface area contributed by atoms with Gasteiger partial charge < -0.3 is 10.6 Å². The van der Waals surface area contributed by atoms with Crippen LogP contribution in [-0.4, -0.2) is 36.0 Å². The molecular formula is C10H18N2OS. The minimum atomic E-state index is 0.0851. The van der Waals surface area contributed by atoms with Crippen molar-refractivity contribution in [1.82, 2.24) is 10.6 Å². The minimum Gasteiger partial charge on any atom is -0.351 e. The van der Waals surface area contributed by atoms with Crippen molar-refractivity contribution in [3.8, 4) is 0 Å². The molecule has 0 saturated carbocycles. The summed E-state index contributed by atoms with van der Waals surface area (Å²) in [5, 5.41) is 6.37. The second kappa shape index (κ2) is 5.03. The molecule has 2 N–H and O–H groups in total. The Morgan fingerprint density at radius 2 is 2.29 bits per heavy atom. The lowest BCUT2D eigenvalue weighted by Gasteiger charge is -2.24. The molecule has 2 fully saturated rings. The molecule has 0 radical (unpaired) electrons. The second-order valence-corrected chi connectivity index (χ2v) is 5.22. The van der Waals surface area contributed by atoms with Gasteiger partial charge in [0.1, 0.15) is 0 Å². The van der Waals surface area contributed by atoms with Gasteiger partial charge in [0.05, 0.1) is 6.04 Å². The molecule has 0 bridgehead atoms. The van der Waals surface area contributed by atoms with Gasteiger partial charge in [0.2, 0.25) is 5.91 Å². The Bertz CT molecular complexity index is 198. The average Bonchev–Trinajstić information content (AvgIpc) is 2.72. The number of rotatable bonds is 2. The maximum atomic E-state index is 11.7. The summed E-state index contributed by atoms with van der Waals surface area (Å²) in [5.41, 5.74) is 0. The lowest BCUT2D eigenvalue weighted by Crippen LogP contribution is -2.46. The van der Waals surface area contributed by atoms with Crippen LogP contribution < -0.4 is 10.6 Å². The molecule has 3 nitrogen and oxygen atoms in total. The molecule has 0 aromatic carbocycles. The summed E-state index contributed by atoms with van der Waals surface area (Å²) in [7, 11) is 0. The fourth-order valence-corrected chi connectivity index (χ4v) is 3.14. The van der Waals surface area contributed by atoms with Crippen molar-refractivity contribution in [1.29, 1.82) is 0 Å². The largest absolute Gasteiger partial charge is 0.351 e. The molecule has 0 spiro atoms. The summed E-state index contributed by atoms with van der Waals surface area (Å²) in [4.78, 5) is 11.7. The molecule has 2 rings (SSSR count). The van der Waals surface area contributed by atoms with Crippen molar-refractivity contribution >= 4 is 17.7 Å². The zero-order valence-electron chi connectivity index (χ0n) is 8.42. The Balaban J connectivity index is 1.75. The smallest absolute Gasteiger partial charge is 0.237 e. The van der Waals surface area contributed by atoms with Crippen molar-refractivity contribution in [2.75, 3.05) is 18.1 Å². The van der Waals surface area contributed by atoms with Crippen LogP contribution in [0.1, 0.15) is 25.7 Å². The van der Waals surface area contributed by atoms with Crippen LogP contribution in [0.25, 0.3) is 0 Å². The molecule has 2 aliphatic rings. The van der Waals surface area contributed by atoms with Crippen molar-refractivity contribution < 1.29 is 4.79 Å². The number of carbonyl (C=O) groups is 1. The summed E-state index contributed by atoms with van der Waals surface area (Å²) in [5.74, 6) is 2.57. The van der Waals surface area contributed by atoms with E-state index in [1.807, 2.05) is 11.8 Å². The lowest BCUT2D eigenvalue weighted by molar-refractivity contribution is -0.123. The van der Waals surface area contributed by atoms with Crippen LogP contribution >= 0.6 is 11.8 Å². The third kappa shape index (κ3) is 2.64. The predicted octanol–water partition coefficient (Wildman–Crippen LogP) is 0.750. The summed E-state index contributed by atoms with van der Waals surface area (Å²) >= 11 is 1.95. The van der Waals surface area contributed by atoms with Crippen LogP contribution in [0.15, 0.2) is 0 Å². The first-order valence-corrected chi connectivity index (χ1v) is 6.63. The van der Waals surface area contributed by atoms with Crippen molar-refractivity contribution in [2.45, 2.75) is 37.8 Å². The number of carbonyl (C=O) groups excluding carboxylic acids is 1. The molecule has 0 aromatic heterocycles. The third-order valence-corrected chi connectivity index (χ3v) is 4.10. The van der Waals surface area contributed by atoms with E-state index in [4.69, 9.17) is 0 Å². The number of nitrogens with one attached hydrogen (secondary N) is 2. The maximum Gasteiger partial charge on any atom is 0.237 e. The fraction of sp³-hybridized carbons (Fsp3) is 0.900. The molecule has 0 aliphatic carbocycles. The maximum absolute atomic E-state index is 11.7. The van der Waals surface area contributed by atoms with Gasteiger partial charge in [0.15, 0.2) is 0 Å². The van der Waals surface area contributed by atoms with Gasteiger partial charge in [-0.3, -0.25) is 4.79 Å². The van der Waals surface area contributed by atoms with Gasteiger partial charge in [-0.1, -0.05) is 0 Å². The highest BCUT2D eigenvalue weighted by Crippen LogP contribution is 2.17. The van der Waals surface area contributed by atoms with Gasteiger partial charge in [0.25, 0.3) is 0 Å². The normalized spacial score (nSPS) is 32.9. The second-order valence-electron chi connectivity index (χ2n) is 4.07. The molecule has 2 atom stereocenters. The summed E-state index contributed by atoms with van der Waals surface area (Å²) in [6.45, 7) is 0.998. The quantitative estimate of drug-likeness (QED) is 0.713. The highest BCUT2D eigenvalue weighted by molar-refractivity contribution is 7.99. The van der Waals surface area contributed by atoms with Gasteiger partial charge in [-0.25, -0.2) is 0 Å². The molecule has 2 saturated heterocycles. The SMILES string of the molecule is O=C(NC1CCCSC1)[C@H]1CCCN1. The molecule has 2 aliphatic heterocycles. The monoisotopic (exact) mass is 214 g/mol. The van der Waals surface area contributed by atoms with Crippen LogP contribution in [0.2, 0.25) is 0 Å². The van der Waals surface area contributed by atoms with Gasteiger partial charge in [-0.2, -0.15) is 11.8 Å². The Morgan fingerprint density at radius 3 is 2.93 bits per heavy atom. The first-order chi connectivity index (χ1) is 6.86. The minimum absolute atomic E-state index is 0.0851. The van der Waals surface area contributed by atoms with Crippen molar-refractivity contribution in [2.24, 2.45) is 0 Å². The highest BCUT2D eigenvalue weighted by atomic mass is 32.2. The first kappa shape index (κ1) is 10.3. The molecule has 14 heavy (non-hydrogen) atoms. The predicted molar refractivity (Wildman–Crippen MR) is 59.5 cm³/mol. The van der Waals surface area contributed by atoms with E-state index >= 15 is 0 Å². The summed E-state index contributed by atoms with van der Waals surface area (Å²) < 4.78 is 0.